The summed E-state index contributed by atoms with van der Waals surface area (Å²) in [6.07, 6.45) is 1.01. The van der Waals surface area contributed by atoms with Gasteiger partial charge in [-0.25, -0.2) is 0 Å². The van der Waals surface area contributed by atoms with Crippen molar-refractivity contribution in [3.05, 3.63) is 0 Å². The van der Waals surface area contributed by atoms with Gasteiger partial charge in [0.15, 0.2) is 0 Å². The number of alkyl halides is 1. The lowest BCUT2D eigenvalue weighted by Gasteiger charge is -2.37. The van der Waals surface area contributed by atoms with E-state index >= 15 is 0 Å². The molecule has 0 rings (SSSR count). The van der Waals surface area contributed by atoms with E-state index in [-0.39, 0.29) is 0 Å². The minimum absolute atomic E-state index is 0.577. The molecule has 0 atom stereocenters. The first-order valence-corrected chi connectivity index (χ1v) is 13.6. The molecule has 0 N–H and O–H groups in total. The van der Waals surface area contributed by atoms with Gasteiger partial charge >= 0.3 is 17.4 Å². The zero-order valence-corrected chi connectivity index (χ0v) is 18.4. The number of hydrogen-bond acceptors (Lipinski definition) is 5. The highest BCUT2D eigenvalue weighted by atomic mass is 79.9. The highest BCUT2D eigenvalue weighted by Crippen LogP contribution is 2.30. The number of hydrogen-bond donors (Lipinski definition) is 0. The van der Waals surface area contributed by atoms with E-state index in [1.165, 1.54) is 0 Å². The Bertz CT molecular complexity index is 249. The van der Waals surface area contributed by atoms with Gasteiger partial charge in [0.2, 0.25) is 0 Å². The fraction of sp³-hybridized carbons (Fsp3) is 1.00. The Hall–Kier alpha value is 0.714. The minimum Gasteiger partial charge on any atom is -0.395 e. The molecule has 0 aliphatic carbocycles. The van der Waals surface area contributed by atoms with Crippen molar-refractivity contribution >= 4 is 33.3 Å². The minimum atomic E-state index is -2.76. The summed E-state index contributed by atoms with van der Waals surface area (Å²) in [5.74, 6) is 0. The maximum Gasteiger partial charge on any atom is 0.502 e. The van der Waals surface area contributed by atoms with E-state index in [1.54, 1.807) is 0 Å². The molecule has 0 aromatic heterocycles. The van der Waals surface area contributed by atoms with Crippen LogP contribution in [0.5, 0.6) is 0 Å². The first-order chi connectivity index (χ1) is 10.6. The van der Waals surface area contributed by atoms with Gasteiger partial charge in [-0.1, -0.05) is 15.9 Å². The summed E-state index contributed by atoms with van der Waals surface area (Å²) in [6.45, 7) is 13.0. The van der Waals surface area contributed by atoms with Crippen molar-refractivity contribution in [1.82, 2.24) is 0 Å². The third kappa shape index (κ3) is 8.00. The molecule has 0 spiro atoms. The predicted molar refractivity (Wildman–Crippen MR) is 97.7 cm³/mol. The number of rotatable bonds is 15. The number of halogens is 1. The molecule has 8 heteroatoms. The van der Waals surface area contributed by atoms with Crippen LogP contribution < -0.4 is 0 Å². The van der Waals surface area contributed by atoms with Crippen LogP contribution in [0.4, 0.5) is 0 Å². The molecular weight excluding hydrogens is 384 g/mol. The van der Waals surface area contributed by atoms with Crippen LogP contribution in [0.3, 0.4) is 0 Å². The Balaban J connectivity index is 5.35. The van der Waals surface area contributed by atoms with E-state index in [4.69, 9.17) is 22.1 Å². The van der Waals surface area contributed by atoms with Crippen LogP contribution in [0.2, 0.25) is 11.7 Å². The van der Waals surface area contributed by atoms with Crippen molar-refractivity contribution < 1.29 is 22.1 Å². The topological polar surface area (TPSA) is 46.2 Å². The maximum atomic E-state index is 6.16. The lowest BCUT2D eigenvalue weighted by molar-refractivity contribution is 0.0701. The molecule has 22 heavy (non-hydrogen) atoms. The summed E-state index contributed by atoms with van der Waals surface area (Å²) < 4.78 is 30.3. The third-order valence-electron chi connectivity index (χ3n) is 3.08. The van der Waals surface area contributed by atoms with Gasteiger partial charge in [0, 0.05) is 38.4 Å². The second-order valence-corrected chi connectivity index (χ2v) is 12.1. The molecule has 0 unspecified atom stereocenters. The van der Waals surface area contributed by atoms with E-state index < -0.39 is 17.4 Å². The first kappa shape index (κ1) is 22.7. The fourth-order valence-electron chi connectivity index (χ4n) is 2.51. The van der Waals surface area contributed by atoms with E-state index in [9.17, 15) is 0 Å². The molecular formula is C14H33BrO5Si2. The SMILES string of the molecule is CCO[Si](CCCBr)(C[Si](OCC)(OCC)OCC)OCC. The molecule has 134 valence electrons. The zero-order valence-electron chi connectivity index (χ0n) is 14.8. The molecule has 0 aromatic rings. The Morgan fingerprint density at radius 1 is 0.682 bits per heavy atom. The summed E-state index contributed by atoms with van der Waals surface area (Å²) in [4.78, 5) is 0. The molecule has 0 aromatic carbocycles. The average molecular weight is 417 g/mol. The van der Waals surface area contributed by atoms with Crippen LogP contribution in [0.15, 0.2) is 0 Å². The summed E-state index contributed by atoms with van der Waals surface area (Å²) in [5, 5.41) is 0.939. The highest BCUT2D eigenvalue weighted by molar-refractivity contribution is 9.09. The zero-order chi connectivity index (χ0) is 16.9. The van der Waals surface area contributed by atoms with E-state index in [1.807, 2.05) is 34.6 Å². The summed E-state index contributed by atoms with van der Waals surface area (Å²) in [5.41, 5.74) is 0.657. The molecule has 5 nitrogen and oxygen atoms in total. The van der Waals surface area contributed by atoms with Gasteiger partial charge in [0.25, 0.3) is 0 Å². The maximum absolute atomic E-state index is 6.16. The van der Waals surface area contributed by atoms with Gasteiger partial charge in [-0.05, 0) is 47.1 Å². The van der Waals surface area contributed by atoms with Crippen LogP contribution in [0.25, 0.3) is 0 Å². The molecule has 0 saturated carbocycles. The molecule has 0 saturated heterocycles. The monoisotopic (exact) mass is 416 g/mol. The van der Waals surface area contributed by atoms with Crippen molar-refractivity contribution in [2.24, 2.45) is 0 Å². The molecule has 0 fully saturated rings. The summed E-state index contributed by atoms with van der Waals surface area (Å²) >= 11 is 3.50. The largest absolute Gasteiger partial charge is 0.502 e. The lowest BCUT2D eigenvalue weighted by atomic mass is 10.6. The van der Waals surface area contributed by atoms with Crippen LogP contribution in [0, 0.1) is 0 Å². The second kappa shape index (κ2) is 13.1. The molecule has 0 heterocycles. The second-order valence-electron chi connectivity index (χ2n) is 4.73. The van der Waals surface area contributed by atoms with Crippen molar-refractivity contribution in [3.63, 3.8) is 0 Å². The Morgan fingerprint density at radius 3 is 1.41 bits per heavy atom. The first-order valence-electron chi connectivity index (χ1n) is 8.33. The molecule has 0 aliphatic heterocycles. The fourth-order valence-corrected chi connectivity index (χ4v) is 12.4. The quantitative estimate of drug-likeness (QED) is 0.299. The summed E-state index contributed by atoms with van der Waals surface area (Å²) in [7, 11) is -5.17. The Labute approximate surface area is 146 Å². The van der Waals surface area contributed by atoms with Gasteiger partial charge in [-0.2, -0.15) is 0 Å². The van der Waals surface area contributed by atoms with Crippen LogP contribution in [-0.4, -0.2) is 55.7 Å². The normalized spacial score (nSPS) is 12.8. The summed E-state index contributed by atoms with van der Waals surface area (Å²) in [6, 6.07) is 0.919. The molecule has 0 bridgehead atoms. The Kier molecular flexibility index (Phi) is 13.5. The molecule has 0 amide bonds. The van der Waals surface area contributed by atoms with Gasteiger partial charge in [-0.3, -0.25) is 0 Å². The van der Waals surface area contributed by atoms with E-state index in [0.717, 1.165) is 17.8 Å². The smallest absolute Gasteiger partial charge is 0.395 e. The third-order valence-corrected chi connectivity index (χ3v) is 12.5. The van der Waals surface area contributed by atoms with Gasteiger partial charge in [0.05, 0.1) is 5.67 Å². The predicted octanol–water partition coefficient (Wildman–Crippen LogP) is 3.87. The molecule has 0 radical (unpaired) electrons. The van der Waals surface area contributed by atoms with Gasteiger partial charge < -0.3 is 22.1 Å². The van der Waals surface area contributed by atoms with Crippen molar-refractivity contribution in [1.29, 1.82) is 0 Å². The van der Waals surface area contributed by atoms with Crippen molar-refractivity contribution in [2.75, 3.05) is 38.4 Å². The van der Waals surface area contributed by atoms with E-state index in [0.29, 0.717) is 38.7 Å². The van der Waals surface area contributed by atoms with Crippen molar-refractivity contribution in [2.45, 2.75) is 52.8 Å². The van der Waals surface area contributed by atoms with Gasteiger partial charge in [-0.15, -0.1) is 0 Å². The Morgan fingerprint density at radius 2 is 1.09 bits per heavy atom. The van der Waals surface area contributed by atoms with Crippen LogP contribution in [-0.2, 0) is 22.1 Å². The lowest BCUT2D eigenvalue weighted by Crippen LogP contribution is -2.57. The van der Waals surface area contributed by atoms with Crippen molar-refractivity contribution in [3.8, 4) is 0 Å². The van der Waals surface area contributed by atoms with Gasteiger partial charge in [0.1, 0.15) is 0 Å². The van der Waals surface area contributed by atoms with Crippen LogP contribution in [0.1, 0.15) is 41.0 Å². The van der Waals surface area contributed by atoms with Crippen LogP contribution >= 0.6 is 15.9 Å². The van der Waals surface area contributed by atoms with E-state index in [2.05, 4.69) is 15.9 Å². The average Bonchev–Trinajstić information content (AvgIpc) is 2.46. The molecule has 0 aliphatic rings. The standard InChI is InChI=1S/C14H33BrO5Si2/c1-6-16-21(17-7-2,13-11-12-15)14-22(18-8-3,19-9-4)20-10-5/h6-14H2,1-5H3. The highest BCUT2D eigenvalue weighted by Gasteiger charge is 2.53.